The monoisotopic (exact) mass is 245 g/mol. The van der Waals surface area contributed by atoms with Crippen LogP contribution in [0.1, 0.15) is 33.6 Å². The summed E-state index contributed by atoms with van der Waals surface area (Å²) in [5.41, 5.74) is 3.47. The van der Waals surface area contributed by atoms with E-state index in [-0.39, 0.29) is 11.7 Å². The summed E-state index contributed by atoms with van der Waals surface area (Å²) in [7, 11) is 0. The van der Waals surface area contributed by atoms with Crippen LogP contribution in [0.2, 0.25) is 0 Å². The Hall–Kier alpha value is -1.44. The van der Waals surface area contributed by atoms with Gasteiger partial charge in [0.05, 0.1) is 5.71 Å². The zero-order valence-electron chi connectivity index (χ0n) is 11.3. The van der Waals surface area contributed by atoms with Crippen molar-refractivity contribution < 1.29 is 4.39 Å². The average molecular weight is 245 g/mol. The topological polar surface area (TPSA) is 23.9 Å². The first-order valence-corrected chi connectivity index (χ1v) is 6.55. The van der Waals surface area contributed by atoms with Gasteiger partial charge in [-0.05, 0) is 54.9 Å². The third kappa shape index (κ3) is 2.24. The second kappa shape index (κ2) is 5.05. The van der Waals surface area contributed by atoms with Gasteiger partial charge in [0.15, 0.2) is 0 Å². The van der Waals surface area contributed by atoms with Gasteiger partial charge in [0.2, 0.25) is 0 Å². The highest BCUT2D eigenvalue weighted by Gasteiger charge is 2.31. The second-order valence-electron chi connectivity index (χ2n) is 5.18. The van der Waals surface area contributed by atoms with E-state index < -0.39 is 0 Å². The summed E-state index contributed by atoms with van der Waals surface area (Å²) in [6, 6.07) is 0. The zero-order chi connectivity index (χ0) is 13.3. The molecule has 2 heteroatoms. The van der Waals surface area contributed by atoms with E-state index in [0.717, 1.165) is 23.1 Å². The van der Waals surface area contributed by atoms with Crippen LogP contribution in [0, 0.1) is 17.2 Å². The third-order valence-electron chi connectivity index (χ3n) is 3.94. The predicted octanol–water partition coefficient (Wildman–Crippen LogP) is 4.74. The molecule has 1 N–H and O–H groups in total. The Morgan fingerprint density at radius 1 is 1.39 bits per heavy atom. The molecule has 0 heterocycles. The summed E-state index contributed by atoms with van der Waals surface area (Å²) >= 11 is 0. The predicted molar refractivity (Wildman–Crippen MR) is 74.4 cm³/mol. The number of allylic oxidation sites excluding steroid dienone is 8. The molecule has 0 amide bonds. The van der Waals surface area contributed by atoms with Crippen molar-refractivity contribution in [2.75, 3.05) is 0 Å². The molecule has 18 heavy (non-hydrogen) atoms. The molecule has 0 saturated heterocycles. The quantitative estimate of drug-likeness (QED) is 0.690. The Morgan fingerprint density at radius 2 is 2.11 bits per heavy atom. The lowest BCUT2D eigenvalue weighted by Gasteiger charge is -2.31. The Kier molecular flexibility index (Phi) is 3.65. The van der Waals surface area contributed by atoms with E-state index in [1.54, 1.807) is 6.08 Å². The summed E-state index contributed by atoms with van der Waals surface area (Å²) in [6.45, 7) is 5.99. The molecule has 96 valence electrons. The molecule has 2 aliphatic rings. The Balaban J connectivity index is 2.56. The molecule has 2 rings (SSSR count). The number of hydrogen-bond donors (Lipinski definition) is 1. The highest BCUT2D eigenvalue weighted by Crippen LogP contribution is 2.39. The maximum atomic E-state index is 13.7. The second-order valence-corrected chi connectivity index (χ2v) is 5.18. The van der Waals surface area contributed by atoms with Crippen LogP contribution in [0.15, 0.2) is 46.9 Å². The number of fused-ring (bicyclic) bond motifs is 1. The van der Waals surface area contributed by atoms with Crippen molar-refractivity contribution >= 4 is 5.71 Å². The fraction of sp³-hybridized carbons (Fsp3) is 0.438. The van der Waals surface area contributed by atoms with Crippen molar-refractivity contribution in [1.82, 2.24) is 0 Å². The Labute approximate surface area is 108 Å². The summed E-state index contributed by atoms with van der Waals surface area (Å²) in [4.78, 5) is 0. The van der Waals surface area contributed by atoms with Crippen molar-refractivity contribution in [1.29, 1.82) is 5.41 Å². The number of hydrogen-bond acceptors (Lipinski definition) is 1. The van der Waals surface area contributed by atoms with Gasteiger partial charge in [-0.3, -0.25) is 0 Å². The fourth-order valence-electron chi connectivity index (χ4n) is 2.92. The minimum atomic E-state index is -0.0527. The van der Waals surface area contributed by atoms with E-state index in [1.165, 1.54) is 0 Å². The molecule has 2 aliphatic carbocycles. The van der Waals surface area contributed by atoms with Crippen molar-refractivity contribution in [2.45, 2.75) is 33.6 Å². The maximum absolute atomic E-state index is 13.7. The minimum absolute atomic E-state index is 0.0527. The molecule has 0 aromatic carbocycles. The maximum Gasteiger partial charge on any atom is 0.101 e. The van der Waals surface area contributed by atoms with Crippen LogP contribution in [0.25, 0.3) is 0 Å². The molecule has 2 unspecified atom stereocenters. The SMILES string of the molecule is CCC1/C=C\C=C(\C)C(=N)C2=C(C)C=C(F)CC21. The van der Waals surface area contributed by atoms with E-state index in [2.05, 4.69) is 13.0 Å². The van der Waals surface area contributed by atoms with E-state index in [4.69, 9.17) is 5.41 Å². The first kappa shape index (κ1) is 13.0. The lowest BCUT2D eigenvalue weighted by molar-refractivity contribution is 0.403. The average Bonchev–Trinajstić information content (AvgIpc) is 2.31. The van der Waals surface area contributed by atoms with Crippen molar-refractivity contribution in [2.24, 2.45) is 11.8 Å². The van der Waals surface area contributed by atoms with Gasteiger partial charge in [0.1, 0.15) is 5.83 Å². The first-order valence-electron chi connectivity index (χ1n) is 6.55. The van der Waals surface area contributed by atoms with Gasteiger partial charge in [0.25, 0.3) is 0 Å². The normalized spacial score (nSPS) is 33.0. The molecule has 2 atom stereocenters. The van der Waals surface area contributed by atoms with Gasteiger partial charge >= 0.3 is 0 Å². The van der Waals surface area contributed by atoms with Crippen molar-refractivity contribution in [3.8, 4) is 0 Å². The molecule has 0 aromatic rings. The zero-order valence-corrected chi connectivity index (χ0v) is 11.3. The van der Waals surface area contributed by atoms with Crippen LogP contribution in [0.3, 0.4) is 0 Å². The van der Waals surface area contributed by atoms with Gasteiger partial charge in [-0.2, -0.15) is 0 Å². The molecular weight excluding hydrogens is 225 g/mol. The lowest BCUT2D eigenvalue weighted by Crippen LogP contribution is -2.25. The standard InChI is InChI=1S/C16H20FN/c1-4-12-7-5-6-10(2)16(18)15-11(3)8-13(17)9-14(12)15/h5-8,12,14,18H,4,9H2,1-3H3/b7-5-,10-6-,18-16?. The van der Waals surface area contributed by atoms with E-state index in [1.807, 2.05) is 26.0 Å². The van der Waals surface area contributed by atoms with E-state index >= 15 is 0 Å². The number of nitrogens with one attached hydrogen (secondary N) is 1. The minimum Gasteiger partial charge on any atom is -0.300 e. The molecule has 0 aromatic heterocycles. The highest BCUT2D eigenvalue weighted by atomic mass is 19.1. The van der Waals surface area contributed by atoms with Crippen LogP contribution in [-0.2, 0) is 0 Å². The van der Waals surface area contributed by atoms with Gasteiger partial charge in [0, 0.05) is 6.42 Å². The molecule has 0 bridgehead atoms. The van der Waals surface area contributed by atoms with Crippen LogP contribution < -0.4 is 0 Å². The smallest absolute Gasteiger partial charge is 0.101 e. The molecule has 0 saturated carbocycles. The summed E-state index contributed by atoms with van der Waals surface area (Å²) in [6.07, 6.45) is 9.16. The van der Waals surface area contributed by atoms with Crippen LogP contribution >= 0.6 is 0 Å². The van der Waals surface area contributed by atoms with Crippen molar-refractivity contribution in [3.63, 3.8) is 0 Å². The third-order valence-corrected chi connectivity index (χ3v) is 3.94. The molecule has 0 spiro atoms. The number of halogens is 1. The first-order chi connectivity index (χ1) is 8.54. The highest BCUT2D eigenvalue weighted by molar-refractivity contribution is 6.11. The van der Waals surface area contributed by atoms with Gasteiger partial charge in [-0.15, -0.1) is 0 Å². The van der Waals surface area contributed by atoms with Crippen LogP contribution in [0.4, 0.5) is 4.39 Å². The molecule has 1 nitrogen and oxygen atoms in total. The fourth-order valence-corrected chi connectivity index (χ4v) is 2.92. The molecule has 0 radical (unpaired) electrons. The lowest BCUT2D eigenvalue weighted by atomic mass is 9.73. The summed E-state index contributed by atoms with van der Waals surface area (Å²) in [5.74, 6) is 0.384. The van der Waals surface area contributed by atoms with Crippen LogP contribution in [-0.4, -0.2) is 5.71 Å². The largest absolute Gasteiger partial charge is 0.300 e. The molecular formula is C16H20FN. The van der Waals surface area contributed by atoms with Gasteiger partial charge in [-0.1, -0.05) is 25.2 Å². The summed E-state index contributed by atoms with van der Waals surface area (Å²) in [5, 5.41) is 8.31. The van der Waals surface area contributed by atoms with Crippen molar-refractivity contribution in [3.05, 3.63) is 46.9 Å². The van der Waals surface area contributed by atoms with E-state index in [9.17, 15) is 4.39 Å². The molecule has 0 aliphatic heterocycles. The molecule has 0 fully saturated rings. The Bertz CT molecular complexity index is 491. The van der Waals surface area contributed by atoms with Gasteiger partial charge < -0.3 is 5.41 Å². The van der Waals surface area contributed by atoms with E-state index in [0.29, 0.717) is 18.1 Å². The number of rotatable bonds is 1. The Morgan fingerprint density at radius 3 is 2.78 bits per heavy atom. The van der Waals surface area contributed by atoms with Crippen LogP contribution in [0.5, 0.6) is 0 Å². The summed E-state index contributed by atoms with van der Waals surface area (Å²) < 4.78 is 13.7. The van der Waals surface area contributed by atoms with Gasteiger partial charge in [-0.25, -0.2) is 4.39 Å².